The van der Waals surface area contributed by atoms with Crippen molar-refractivity contribution in [1.82, 2.24) is 0 Å². The molecule has 0 bridgehead atoms. The van der Waals surface area contributed by atoms with E-state index in [1.54, 1.807) is 14.2 Å². The van der Waals surface area contributed by atoms with Gasteiger partial charge in [-0.3, -0.25) is 4.79 Å². The molecule has 0 N–H and O–H groups in total. The zero-order chi connectivity index (χ0) is 27.4. The third kappa shape index (κ3) is 37.0. The van der Waals surface area contributed by atoms with Crippen LogP contribution >= 0.6 is 0 Å². The Kier molecular flexibility index (Phi) is 29.0. The van der Waals surface area contributed by atoms with E-state index < -0.39 is 16.6 Å². The standard InChI is InChI=1S/C12H30OSi2.2C6H6.C3H6O2.C2H6O/c1-7-9-11-14(3,4)13-15(5,6)12-10-8-2;2*1-2-4-6-5-3-1;1-3(4)5-2;1-3-2/h7-12H2,1-6H3;2*1-6H;1-2H3;1-2H3. The Balaban J connectivity index is -0.000000419. The summed E-state index contributed by atoms with van der Waals surface area (Å²) in [4.78, 5) is 9.59. The van der Waals surface area contributed by atoms with Gasteiger partial charge in [-0.25, -0.2) is 0 Å². The van der Waals surface area contributed by atoms with Crippen LogP contribution in [0.3, 0.4) is 0 Å². The maximum absolute atomic E-state index is 9.59. The molecule has 0 radical (unpaired) electrons. The highest BCUT2D eigenvalue weighted by molar-refractivity contribution is 6.84. The predicted molar refractivity (Wildman–Crippen MR) is 159 cm³/mol. The molecule has 0 heterocycles. The SMILES string of the molecule is CCCC[Si](C)(C)O[Si](C)(C)CCCC.COC.COC(C)=O.c1ccccc1.c1ccccc1. The highest BCUT2D eigenvalue weighted by Crippen LogP contribution is 2.24. The van der Waals surface area contributed by atoms with Crippen molar-refractivity contribution in [1.29, 1.82) is 0 Å². The van der Waals surface area contributed by atoms with Crippen molar-refractivity contribution in [3.8, 4) is 0 Å². The van der Waals surface area contributed by atoms with Gasteiger partial charge in [0.15, 0.2) is 16.6 Å². The molecule has 0 aliphatic carbocycles. The molecule has 0 unspecified atom stereocenters. The minimum atomic E-state index is -1.35. The van der Waals surface area contributed by atoms with Crippen LogP contribution in [0.25, 0.3) is 0 Å². The Labute approximate surface area is 219 Å². The molecule has 0 saturated heterocycles. The van der Waals surface area contributed by atoms with E-state index in [4.69, 9.17) is 4.12 Å². The molecule has 0 atom stereocenters. The second-order valence-corrected chi connectivity index (χ2v) is 18.1. The topological polar surface area (TPSA) is 44.8 Å². The summed E-state index contributed by atoms with van der Waals surface area (Å²) >= 11 is 0. The molecule has 0 spiro atoms. The normalized spacial score (nSPS) is 9.89. The molecule has 0 amide bonds. The van der Waals surface area contributed by atoms with Gasteiger partial charge >= 0.3 is 5.97 Å². The summed E-state index contributed by atoms with van der Waals surface area (Å²) < 4.78 is 14.9. The average molecular weight is 523 g/mol. The van der Waals surface area contributed by atoms with Crippen molar-refractivity contribution in [3.63, 3.8) is 0 Å². The Bertz CT molecular complexity index is 547. The van der Waals surface area contributed by atoms with E-state index in [2.05, 4.69) is 49.5 Å². The van der Waals surface area contributed by atoms with E-state index in [0.29, 0.717) is 0 Å². The van der Waals surface area contributed by atoms with E-state index in [9.17, 15) is 4.79 Å². The molecule has 0 aromatic heterocycles. The molecular weight excluding hydrogens is 468 g/mol. The van der Waals surface area contributed by atoms with Gasteiger partial charge in [-0.05, 0) is 38.3 Å². The van der Waals surface area contributed by atoms with E-state index in [1.807, 2.05) is 72.8 Å². The third-order valence-electron chi connectivity index (χ3n) is 4.44. The second kappa shape index (κ2) is 26.9. The number of hydrogen-bond acceptors (Lipinski definition) is 4. The zero-order valence-corrected chi connectivity index (χ0v) is 26.3. The fourth-order valence-electron chi connectivity index (χ4n) is 2.82. The molecule has 2 aromatic rings. The summed E-state index contributed by atoms with van der Waals surface area (Å²) in [7, 11) is 1.90. The van der Waals surface area contributed by atoms with Crippen molar-refractivity contribution < 1.29 is 18.4 Å². The molecule has 202 valence electrons. The molecule has 6 heteroatoms. The molecule has 0 aliphatic rings. The monoisotopic (exact) mass is 522 g/mol. The predicted octanol–water partition coefficient (Wildman–Crippen LogP) is 8.83. The van der Waals surface area contributed by atoms with Crippen molar-refractivity contribution in [2.24, 2.45) is 0 Å². The number of esters is 1. The first kappa shape index (κ1) is 37.8. The molecule has 2 rings (SSSR count). The van der Waals surface area contributed by atoms with Crippen molar-refractivity contribution >= 4 is 22.6 Å². The third-order valence-corrected chi connectivity index (χ3v) is 12.0. The number of unbranched alkanes of at least 4 members (excludes halogenated alkanes) is 2. The largest absolute Gasteiger partial charge is 0.469 e. The fraction of sp³-hybridized carbons (Fsp3) is 0.552. The summed E-state index contributed by atoms with van der Waals surface area (Å²) in [5, 5.41) is 0. The quantitative estimate of drug-likeness (QED) is 0.256. The summed E-state index contributed by atoms with van der Waals surface area (Å²) in [6, 6.07) is 26.7. The molecular formula is C29H54O4Si2. The molecule has 2 aromatic carbocycles. The lowest BCUT2D eigenvalue weighted by atomic mass is 10.4. The van der Waals surface area contributed by atoms with Crippen molar-refractivity contribution in [2.45, 2.75) is 84.7 Å². The first-order chi connectivity index (χ1) is 16.5. The van der Waals surface area contributed by atoms with Crippen LogP contribution in [0.15, 0.2) is 72.8 Å². The Morgan fingerprint density at radius 2 is 0.800 bits per heavy atom. The van der Waals surface area contributed by atoms with Gasteiger partial charge in [0.1, 0.15) is 0 Å². The van der Waals surface area contributed by atoms with E-state index >= 15 is 0 Å². The van der Waals surface area contributed by atoms with Crippen LogP contribution < -0.4 is 0 Å². The lowest BCUT2D eigenvalue weighted by molar-refractivity contribution is -0.137. The van der Waals surface area contributed by atoms with Gasteiger partial charge in [-0.15, -0.1) is 0 Å². The van der Waals surface area contributed by atoms with Crippen LogP contribution in [0, 0.1) is 0 Å². The Morgan fingerprint density at radius 1 is 0.600 bits per heavy atom. The maximum Gasteiger partial charge on any atom is 0.302 e. The van der Waals surface area contributed by atoms with Gasteiger partial charge in [-0.1, -0.05) is 112 Å². The van der Waals surface area contributed by atoms with Gasteiger partial charge in [-0.2, -0.15) is 0 Å². The highest BCUT2D eigenvalue weighted by Gasteiger charge is 2.31. The molecule has 0 aliphatic heterocycles. The van der Waals surface area contributed by atoms with Gasteiger partial charge < -0.3 is 13.6 Å². The summed E-state index contributed by atoms with van der Waals surface area (Å²) in [6.07, 6.45) is 5.29. The van der Waals surface area contributed by atoms with Crippen LogP contribution in [0.1, 0.15) is 46.5 Å². The van der Waals surface area contributed by atoms with Crippen molar-refractivity contribution in [3.05, 3.63) is 72.8 Å². The second-order valence-electron chi connectivity index (χ2n) is 9.24. The first-order valence-corrected chi connectivity index (χ1v) is 18.9. The summed E-state index contributed by atoms with van der Waals surface area (Å²) in [5.74, 6) is -0.245. The molecule has 0 saturated carbocycles. The van der Waals surface area contributed by atoms with E-state index in [0.717, 1.165) is 0 Å². The molecule has 0 fully saturated rings. The molecule has 35 heavy (non-hydrogen) atoms. The number of rotatable bonds is 8. The average Bonchev–Trinajstić information content (AvgIpc) is 2.85. The Morgan fingerprint density at radius 3 is 0.943 bits per heavy atom. The maximum atomic E-state index is 9.59. The van der Waals surface area contributed by atoms with Crippen LogP contribution in [0.2, 0.25) is 38.3 Å². The highest BCUT2D eigenvalue weighted by atomic mass is 28.4. The van der Waals surface area contributed by atoms with Gasteiger partial charge in [0.05, 0.1) is 7.11 Å². The van der Waals surface area contributed by atoms with E-state index in [1.165, 1.54) is 51.8 Å². The number of hydrogen-bond donors (Lipinski definition) is 0. The lowest BCUT2D eigenvalue weighted by Crippen LogP contribution is -2.44. The van der Waals surface area contributed by atoms with E-state index in [-0.39, 0.29) is 5.97 Å². The van der Waals surface area contributed by atoms with Gasteiger partial charge in [0.2, 0.25) is 0 Å². The van der Waals surface area contributed by atoms with Gasteiger partial charge in [0.25, 0.3) is 0 Å². The zero-order valence-electron chi connectivity index (χ0n) is 24.3. The first-order valence-electron chi connectivity index (χ1n) is 12.7. The minimum Gasteiger partial charge on any atom is -0.469 e. The smallest absolute Gasteiger partial charge is 0.302 e. The number of methoxy groups -OCH3 is 2. The summed E-state index contributed by atoms with van der Waals surface area (Å²) in [5.41, 5.74) is 0. The van der Waals surface area contributed by atoms with Crippen molar-refractivity contribution in [2.75, 3.05) is 21.3 Å². The summed E-state index contributed by atoms with van der Waals surface area (Å²) in [6.45, 7) is 15.5. The Hall–Kier alpha value is -1.74. The number of carbonyl (C=O) groups is 1. The minimum absolute atomic E-state index is 0.245. The lowest BCUT2D eigenvalue weighted by Gasteiger charge is -2.34. The number of ether oxygens (including phenoxy) is 2. The molecule has 4 nitrogen and oxygen atoms in total. The van der Waals surface area contributed by atoms with Crippen LogP contribution in [-0.2, 0) is 18.4 Å². The van der Waals surface area contributed by atoms with Gasteiger partial charge in [0, 0.05) is 21.1 Å². The van der Waals surface area contributed by atoms with Crippen LogP contribution in [-0.4, -0.2) is 43.9 Å². The number of carbonyl (C=O) groups excluding carboxylic acids is 1. The number of benzene rings is 2. The van der Waals surface area contributed by atoms with Crippen LogP contribution in [0.4, 0.5) is 0 Å². The van der Waals surface area contributed by atoms with Crippen LogP contribution in [0.5, 0.6) is 0 Å². The fourth-order valence-corrected chi connectivity index (χ4v) is 12.0.